The number of hydrogen-bond donors (Lipinski definition) is 2. The molecule has 130 valence electrons. The highest BCUT2D eigenvalue weighted by Gasteiger charge is 2.56. The molecule has 1 saturated carbocycles. The molecular weight excluding hydrogens is 302 g/mol. The number of carbonyl (C=O) groups excluding carboxylic acids is 2. The van der Waals surface area contributed by atoms with Crippen molar-refractivity contribution < 1.29 is 9.59 Å². The molecule has 5 heteroatoms. The Bertz CT molecular complexity index is 590. The first-order chi connectivity index (χ1) is 11.6. The largest absolute Gasteiger partial charge is 0.356 e. The molecule has 0 unspecified atom stereocenters. The van der Waals surface area contributed by atoms with E-state index < -0.39 is 0 Å². The number of amides is 3. The summed E-state index contributed by atoms with van der Waals surface area (Å²) in [6, 6.07) is 10.5. The Hall–Kier alpha value is -2.04. The Morgan fingerprint density at radius 3 is 2.62 bits per heavy atom. The molecule has 1 aliphatic heterocycles. The molecule has 1 saturated heterocycles. The summed E-state index contributed by atoms with van der Waals surface area (Å²) in [6.07, 6.45) is 5.46. The van der Waals surface area contributed by atoms with Crippen molar-refractivity contribution in [2.45, 2.75) is 44.6 Å². The zero-order chi connectivity index (χ0) is 17.0. The second-order valence-electron chi connectivity index (χ2n) is 6.91. The minimum Gasteiger partial charge on any atom is -0.356 e. The van der Waals surface area contributed by atoms with E-state index in [1.807, 2.05) is 11.0 Å². The van der Waals surface area contributed by atoms with Crippen LogP contribution in [0.4, 0.5) is 4.79 Å². The van der Waals surface area contributed by atoms with E-state index in [1.165, 1.54) is 31.7 Å². The van der Waals surface area contributed by atoms with Crippen molar-refractivity contribution in [2.75, 3.05) is 19.6 Å². The van der Waals surface area contributed by atoms with Gasteiger partial charge >= 0.3 is 6.03 Å². The third-order valence-corrected chi connectivity index (χ3v) is 5.44. The number of hydrogen-bond acceptors (Lipinski definition) is 2. The van der Waals surface area contributed by atoms with Gasteiger partial charge < -0.3 is 15.5 Å². The molecular formula is C19H27N3O2. The topological polar surface area (TPSA) is 61.4 Å². The average molecular weight is 329 g/mol. The molecule has 1 aromatic carbocycles. The average Bonchev–Trinajstić information content (AvgIpc) is 2.56. The molecule has 0 aromatic heterocycles. The van der Waals surface area contributed by atoms with Crippen LogP contribution in [0, 0.1) is 5.92 Å². The van der Waals surface area contributed by atoms with Gasteiger partial charge in [0.25, 0.3) is 0 Å². The lowest BCUT2D eigenvalue weighted by Gasteiger charge is -2.61. The highest BCUT2D eigenvalue weighted by molar-refractivity contribution is 5.77. The SMILES string of the molecule is CC(=O)NCCCNC(=O)N1C[C@H]2CCCC[C@]21c1ccccc1. The molecule has 2 aliphatic rings. The maximum absolute atomic E-state index is 12.7. The van der Waals surface area contributed by atoms with Crippen LogP contribution in [-0.4, -0.2) is 36.5 Å². The molecule has 2 atom stereocenters. The standard InChI is InChI=1S/C19H27N3O2/c1-15(23)20-12-7-13-21-18(24)22-14-17-10-5-6-11-19(17,22)16-8-3-2-4-9-16/h2-4,8-9,17H,5-7,10-14H2,1H3,(H,20,23)(H,21,24)/t17-,19+/m1/s1. The van der Waals surface area contributed by atoms with Crippen molar-refractivity contribution in [3.05, 3.63) is 35.9 Å². The van der Waals surface area contributed by atoms with Crippen molar-refractivity contribution in [3.63, 3.8) is 0 Å². The van der Waals surface area contributed by atoms with Gasteiger partial charge in [-0.25, -0.2) is 4.79 Å². The quantitative estimate of drug-likeness (QED) is 0.816. The molecule has 5 nitrogen and oxygen atoms in total. The van der Waals surface area contributed by atoms with Crippen LogP contribution < -0.4 is 10.6 Å². The summed E-state index contributed by atoms with van der Waals surface area (Å²) in [5, 5.41) is 5.77. The second-order valence-corrected chi connectivity index (χ2v) is 6.91. The number of rotatable bonds is 5. The van der Waals surface area contributed by atoms with Gasteiger partial charge in [0, 0.05) is 32.5 Å². The minimum absolute atomic E-state index is 0.0276. The number of urea groups is 1. The van der Waals surface area contributed by atoms with Gasteiger partial charge in [-0.3, -0.25) is 4.79 Å². The van der Waals surface area contributed by atoms with Crippen molar-refractivity contribution >= 4 is 11.9 Å². The Balaban J connectivity index is 1.62. The van der Waals surface area contributed by atoms with E-state index in [1.54, 1.807) is 0 Å². The van der Waals surface area contributed by atoms with Crippen LogP contribution in [0.3, 0.4) is 0 Å². The maximum Gasteiger partial charge on any atom is 0.318 e. The van der Waals surface area contributed by atoms with E-state index in [-0.39, 0.29) is 17.5 Å². The summed E-state index contributed by atoms with van der Waals surface area (Å²) in [6.45, 7) is 3.55. The Kier molecular flexibility index (Phi) is 5.07. The molecule has 1 heterocycles. The fourth-order valence-corrected chi connectivity index (χ4v) is 4.27. The molecule has 0 spiro atoms. The Morgan fingerprint density at radius 1 is 1.17 bits per heavy atom. The van der Waals surface area contributed by atoms with Crippen LogP contribution in [0.25, 0.3) is 0 Å². The summed E-state index contributed by atoms with van der Waals surface area (Å²) in [4.78, 5) is 25.6. The van der Waals surface area contributed by atoms with E-state index in [4.69, 9.17) is 0 Å². The molecule has 3 amide bonds. The third-order valence-electron chi connectivity index (χ3n) is 5.44. The van der Waals surface area contributed by atoms with Gasteiger partial charge in [0.05, 0.1) is 5.54 Å². The van der Waals surface area contributed by atoms with Gasteiger partial charge in [0.1, 0.15) is 0 Å². The molecule has 0 radical (unpaired) electrons. The van der Waals surface area contributed by atoms with Gasteiger partial charge in [-0.15, -0.1) is 0 Å². The zero-order valence-corrected chi connectivity index (χ0v) is 14.4. The molecule has 0 bridgehead atoms. The van der Waals surface area contributed by atoms with E-state index in [2.05, 4.69) is 34.9 Å². The molecule has 1 aromatic rings. The van der Waals surface area contributed by atoms with Crippen molar-refractivity contribution in [1.82, 2.24) is 15.5 Å². The summed E-state index contributed by atoms with van der Waals surface area (Å²) in [5.41, 5.74) is 1.16. The number of nitrogens with zero attached hydrogens (tertiary/aromatic N) is 1. The normalized spacial score (nSPS) is 25.4. The summed E-state index contributed by atoms with van der Waals surface area (Å²) >= 11 is 0. The third kappa shape index (κ3) is 3.12. The lowest BCUT2D eigenvalue weighted by atomic mass is 9.62. The second kappa shape index (κ2) is 7.24. The van der Waals surface area contributed by atoms with Gasteiger partial charge in [-0.1, -0.05) is 43.2 Å². The number of likely N-dealkylation sites (tertiary alicyclic amines) is 1. The van der Waals surface area contributed by atoms with Crippen LogP contribution in [-0.2, 0) is 10.3 Å². The summed E-state index contributed by atoms with van der Waals surface area (Å²) < 4.78 is 0. The van der Waals surface area contributed by atoms with Crippen LogP contribution >= 0.6 is 0 Å². The van der Waals surface area contributed by atoms with E-state index in [9.17, 15) is 9.59 Å². The van der Waals surface area contributed by atoms with Gasteiger partial charge in [0.15, 0.2) is 0 Å². The predicted molar refractivity (Wildman–Crippen MR) is 93.5 cm³/mol. The summed E-state index contributed by atoms with van der Waals surface area (Å²) in [7, 11) is 0. The van der Waals surface area contributed by atoms with E-state index >= 15 is 0 Å². The molecule has 1 aliphatic carbocycles. The zero-order valence-electron chi connectivity index (χ0n) is 14.4. The Morgan fingerprint density at radius 2 is 1.92 bits per heavy atom. The van der Waals surface area contributed by atoms with Crippen molar-refractivity contribution in [1.29, 1.82) is 0 Å². The molecule has 2 N–H and O–H groups in total. The van der Waals surface area contributed by atoms with Crippen LogP contribution in [0.1, 0.15) is 44.6 Å². The molecule has 2 fully saturated rings. The fourth-order valence-electron chi connectivity index (χ4n) is 4.27. The van der Waals surface area contributed by atoms with Crippen molar-refractivity contribution in [3.8, 4) is 0 Å². The number of carbonyl (C=O) groups is 2. The monoisotopic (exact) mass is 329 g/mol. The van der Waals surface area contributed by atoms with Crippen LogP contribution in [0.5, 0.6) is 0 Å². The number of nitrogens with one attached hydrogen (secondary N) is 2. The summed E-state index contributed by atoms with van der Waals surface area (Å²) in [5.74, 6) is 0.552. The first-order valence-corrected chi connectivity index (χ1v) is 9.00. The fraction of sp³-hybridized carbons (Fsp3) is 0.579. The first kappa shape index (κ1) is 16.8. The number of benzene rings is 1. The Labute approximate surface area is 143 Å². The van der Waals surface area contributed by atoms with Gasteiger partial charge in [-0.05, 0) is 24.8 Å². The highest BCUT2D eigenvalue weighted by atomic mass is 16.2. The minimum atomic E-state index is -0.110. The lowest BCUT2D eigenvalue weighted by Crippen LogP contribution is -2.69. The van der Waals surface area contributed by atoms with Crippen LogP contribution in [0.2, 0.25) is 0 Å². The van der Waals surface area contributed by atoms with E-state index in [0.717, 1.165) is 19.4 Å². The maximum atomic E-state index is 12.7. The predicted octanol–water partition coefficient (Wildman–Crippen LogP) is 2.62. The van der Waals surface area contributed by atoms with Gasteiger partial charge in [0.2, 0.25) is 5.91 Å². The molecule has 3 rings (SSSR count). The smallest absolute Gasteiger partial charge is 0.318 e. The molecule has 24 heavy (non-hydrogen) atoms. The van der Waals surface area contributed by atoms with Crippen LogP contribution in [0.15, 0.2) is 30.3 Å². The van der Waals surface area contributed by atoms with E-state index in [0.29, 0.717) is 19.0 Å². The van der Waals surface area contributed by atoms with Crippen molar-refractivity contribution in [2.24, 2.45) is 5.92 Å². The van der Waals surface area contributed by atoms with Gasteiger partial charge in [-0.2, -0.15) is 0 Å². The highest BCUT2D eigenvalue weighted by Crippen LogP contribution is 2.53. The first-order valence-electron chi connectivity index (χ1n) is 9.00. The lowest BCUT2D eigenvalue weighted by molar-refractivity contribution is -0.118. The number of fused-ring (bicyclic) bond motifs is 1.